The maximum Gasteiger partial charge on any atom is 0.329 e. The molecule has 1 saturated carbocycles. The number of carbonyl (C=O) groups is 2. The highest BCUT2D eigenvalue weighted by Gasteiger charge is 2.54. The van der Waals surface area contributed by atoms with E-state index in [9.17, 15) is 9.59 Å². The summed E-state index contributed by atoms with van der Waals surface area (Å²) in [6, 6.07) is 0. The van der Waals surface area contributed by atoms with Gasteiger partial charge in [-0.05, 0) is 13.8 Å². The Morgan fingerprint density at radius 2 is 2.20 bits per heavy atom. The summed E-state index contributed by atoms with van der Waals surface area (Å²) in [5.41, 5.74) is -1.03. The molecule has 0 heterocycles. The van der Waals surface area contributed by atoms with Gasteiger partial charge in [0.05, 0.1) is 6.10 Å². The summed E-state index contributed by atoms with van der Waals surface area (Å²) in [6.07, 6.45) is 1.36. The van der Waals surface area contributed by atoms with E-state index in [-0.39, 0.29) is 6.10 Å². The van der Waals surface area contributed by atoms with Crippen molar-refractivity contribution in [3.63, 3.8) is 0 Å². The zero-order valence-corrected chi connectivity index (χ0v) is 9.10. The second-order valence-corrected chi connectivity index (χ2v) is 3.71. The predicted octanol–water partition coefficient (Wildman–Crippen LogP) is 0.487. The van der Waals surface area contributed by atoms with Crippen LogP contribution in [0.25, 0.3) is 0 Å². The molecule has 0 spiro atoms. The molecule has 0 atom stereocenters. The first-order chi connectivity index (χ1) is 7.10. The maximum absolute atomic E-state index is 11.2. The van der Waals surface area contributed by atoms with E-state index in [4.69, 9.17) is 9.84 Å². The quantitative estimate of drug-likeness (QED) is 0.655. The van der Waals surface area contributed by atoms with Crippen LogP contribution in [0.4, 0.5) is 0 Å². The fourth-order valence-corrected chi connectivity index (χ4v) is 2.06. The van der Waals surface area contributed by atoms with E-state index in [0.29, 0.717) is 32.4 Å². The predicted molar refractivity (Wildman–Crippen MR) is 53.5 cm³/mol. The van der Waals surface area contributed by atoms with E-state index in [0.717, 1.165) is 0 Å². The Hall–Kier alpha value is -1.10. The van der Waals surface area contributed by atoms with Gasteiger partial charge in [-0.2, -0.15) is 0 Å². The van der Waals surface area contributed by atoms with Crippen molar-refractivity contribution in [1.82, 2.24) is 4.90 Å². The molecule has 0 aromatic heterocycles. The van der Waals surface area contributed by atoms with Gasteiger partial charge in [-0.25, -0.2) is 4.79 Å². The number of carboxylic acid groups (broad SMARTS) is 1. The van der Waals surface area contributed by atoms with Crippen molar-refractivity contribution in [1.29, 1.82) is 0 Å². The van der Waals surface area contributed by atoms with Crippen LogP contribution in [-0.2, 0) is 14.3 Å². The fraction of sp³-hybridized carbons (Fsp3) is 0.800. The first kappa shape index (κ1) is 12.0. The molecule has 5 nitrogen and oxygen atoms in total. The Bertz CT molecular complexity index is 248. The average Bonchev–Trinajstić information content (AvgIpc) is 2.14. The van der Waals surface area contributed by atoms with Gasteiger partial charge in [0.25, 0.3) is 0 Å². The number of carboxylic acids is 1. The van der Waals surface area contributed by atoms with Crippen LogP contribution in [0.5, 0.6) is 0 Å². The molecule has 0 bridgehead atoms. The third-order valence-electron chi connectivity index (χ3n) is 2.95. The Kier molecular flexibility index (Phi) is 3.68. The zero-order chi connectivity index (χ0) is 11.5. The number of carbonyl (C=O) groups excluding carboxylic acids is 1. The van der Waals surface area contributed by atoms with E-state index in [2.05, 4.69) is 0 Å². The van der Waals surface area contributed by atoms with Crippen LogP contribution in [0.1, 0.15) is 26.7 Å². The molecule has 1 fully saturated rings. The van der Waals surface area contributed by atoms with Gasteiger partial charge >= 0.3 is 5.97 Å². The van der Waals surface area contributed by atoms with Gasteiger partial charge in [0, 0.05) is 26.0 Å². The first-order valence-electron chi connectivity index (χ1n) is 5.17. The number of hydrogen-bond donors (Lipinski definition) is 1. The number of nitrogens with zero attached hydrogens (tertiary/aromatic N) is 1. The van der Waals surface area contributed by atoms with Crippen molar-refractivity contribution in [3.8, 4) is 0 Å². The largest absolute Gasteiger partial charge is 0.479 e. The summed E-state index contributed by atoms with van der Waals surface area (Å²) in [6.45, 7) is 4.63. The SMILES string of the molecule is CCOC1CC(C(=O)O)(N(C=O)CC)C1. The van der Waals surface area contributed by atoms with Gasteiger partial charge in [0.2, 0.25) is 6.41 Å². The summed E-state index contributed by atoms with van der Waals surface area (Å²) in [5.74, 6) is -0.938. The van der Waals surface area contributed by atoms with Crippen molar-refractivity contribution in [3.05, 3.63) is 0 Å². The van der Waals surface area contributed by atoms with E-state index < -0.39 is 11.5 Å². The Balaban J connectivity index is 2.68. The minimum Gasteiger partial charge on any atom is -0.479 e. The number of likely N-dealkylation sites (N-methyl/N-ethyl adjacent to an activating group) is 1. The van der Waals surface area contributed by atoms with Gasteiger partial charge in [-0.15, -0.1) is 0 Å². The summed E-state index contributed by atoms with van der Waals surface area (Å²) in [7, 11) is 0. The van der Waals surface area contributed by atoms with Crippen LogP contribution >= 0.6 is 0 Å². The molecular formula is C10H17NO4. The van der Waals surface area contributed by atoms with Gasteiger partial charge in [0.15, 0.2) is 0 Å². The van der Waals surface area contributed by atoms with Crippen molar-refractivity contribution < 1.29 is 19.4 Å². The summed E-state index contributed by atoms with van der Waals surface area (Å²) in [4.78, 5) is 23.3. The molecule has 1 rings (SSSR count). The van der Waals surface area contributed by atoms with E-state index in [1.54, 1.807) is 6.92 Å². The van der Waals surface area contributed by atoms with Crippen LogP contribution in [0.2, 0.25) is 0 Å². The maximum atomic E-state index is 11.2. The molecule has 1 amide bonds. The Morgan fingerprint density at radius 3 is 2.53 bits per heavy atom. The molecule has 1 aliphatic rings. The average molecular weight is 215 g/mol. The lowest BCUT2D eigenvalue weighted by Crippen LogP contribution is -2.64. The fourth-order valence-electron chi connectivity index (χ4n) is 2.06. The number of ether oxygens (including phenoxy) is 1. The molecule has 0 saturated heterocycles. The summed E-state index contributed by atoms with van der Waals surface area (Å²) >= 11 is 0. The molecule has 15 heavy (non-hydrogen) atoms. The molecule has 0 aromatic rings. The number of amides is 1. The van der Waals surface area contributed by atoms with Crippen LogP contribution < -0.4 is 0 Å². The molecule has 5 heteroatoms. The summed E-state index contributed by atoms with van der Waals surface area (Å²) < 4.78 is 5.32. The van der Waals surface area contributed by atoms with Crippen molar-refractivity contribution in [2.75, 3.05) is 13.2 Å². The van der Waals surface area contributed by atoms with E-state index in [1.165, 1.54) is 4.90 Å². The molecule has 0 unspecified atom stereocenters. The number of aliphatic carboxylic acids is 1. The van der Waals surface area contributed by atoms with Crippen molar-refractivity contribution in [2.45, 2.75) is 38.3 Å². The molecule has 0 radical (unpaired) electrons. The zero-order valence-electron chi connectivity index (χ0n) is 9.10. The third-order valence-corrected chi connectivity index (χ3v) is 2.95. The standard InChI is InChI=1S/C10H17NO4/c1-3-11(7-12)10(9(13)14)5-8(6-10)15-4-2/h7-8H,3-6H2,1-2H3,(H,13,14). The lowest BCUT2D eigenvalue weighted by Gasteiger charge is -2.48. The molecular weight excluding hydrogens is 198 g/mol. The first-order valence-corrected chi connectivity index (χ1v) is 5.17. The van der Waals surface area contributed by atoms with Crippen LogP contribution in [0, 0.1) is 0 Å². The van der Waals surface area contributed by atoms with Crippen LogP contribution in [0.15, 0.2) is 0 Å². The number of rotatable bonds is 6. The molecule has 0 aromatic carbocycles. The molecule has 1 N–H and O–H groups in total. The third kappa shape index (κ3) is 1.97. The molecule has 1 aliphatic carbocycles. The minimum absolute atomic E-state index is 0.0277. The highest BCUT2D eigenvalue weighted by molar-refractivity contribution is 5.83. The number of hydrogen-bond acceptors (Lipinski definition) is 3. The lowest BCUT2D eigenvalue weighted by molar-refractivity contribution is -0.174. The van der Waals surface area contributed by atoms with Crippen molar-refractivity contribution >= 4 is 12.4 Å². The second kappa shape index (κ2) is 4.61. The van der Waals surface area contributed by atoms with Crippen LogP contribution in [-0.4, -0.2) is 47.2 Å². The van der Waals surface area contributed by atoms with Gasteiger partial charge in [-0.3, -0.25) is 4.79 Å². The normalized spacial score (nSPS) is 29.3. The smallest absolute Gasteiger partial charge is 0.329 e. The summed E-state index contributed by atoms with van der Waals surface area (Å²) in [5, 5.41) is 9.15. The van der Waals surface area contributed by atoms with Gasteiger partial charge in [-0.1, -0.05) is 0 Å². The van der Waals surface area contributed by atoms with Gasteiger partial charge in [0.1, 0.15) is 5.54 Å². The Labute approximate surface area is 89.0 Å². The van der Waals surface area contributed by atoms with E-state index >= 15 is 0 Å². The van der Waals surface area contributed by atoms with Gasteiger partial charge < -0.3 is 14.7 Å². The highest BCUT2D eigenvalue weighted by Crippen LogP contribution is 2.39. The lowest BCUT2D eigenvalue weighted by atomic mass is 9.73. The van der Waals surface area contributed by atoms with Crippen molar-refractivity contribution in [2.24, 2.45) is 0 Å². The topological polar surface area (TPSA) is 66.8 Å². The molecule has 86 valence electrons. The van der Waals surface area contributed by atoms with E-state index in [1.807, 2.05) is 6.92 Å². The monoisotopic (exact) mass is 215 g/mol. The minimum atomic E-state index is -1.03. The highest BCUT2D eigenvalue weighted by atomic mass is 16.5. The second-order valence-electron chi connectivity index (χ2n) is 3.71. The van der Waals surface area contributed by atoms with Crippen LogP contribution in [0.3, 0.4) is 0 Å². The molecule has 0 aliphatic heterocycles. The Morgan fingerprint density at radius 1 is 1.60 bits per heavy atom.